The summed E-state index contributed by atoms with van der Waals surface area (Å²) in [5.74, 6) is 0.802. The Kier molecular flexibility index (Phi) is 4.46. The van der Waals surface area contributed by atoms with Gasteiger partial charge in [-0.1, -0.05) is 19.9 Å². The van der Waals surface area contributed by atoms with Gasteiger partial charge < -0.3 is 10.6 Å². The second-order valence-corrected chi connectivity index (χ2v) is 5.72. The number of carbonyl (C=O) groups excluding carboxylic acids is 1. The van der Waals surface area contributed by atoms with Crippen LogP contribution in [0, 0.1) is 12.8 Å². The second-order valence-electron chi connectivity index (χ2n) is 5.72. The molecular formula is C16H24N2O. The van der Waals surface area contributed by atoms with E-state index in [-0.39, 0.29) is 5.91 Å². The summed E-state index contributed by atoms with van der Waals surface area (Å²) < 4.78 is 0. The third-order valence-electron chi connectivity index (χ3n) is 3.69. The third kappa shape index (κ3) is 3.49. The van der Waals surface area contributed by atoms with E-state index in [2.05, 4.69) is 24.5 Å². The van der Waals surface area contributed by atoms with Crippen LogP contribution in [0.15, 0.2) is 18.2 Å². The highest BCUT2D eigenvalue weighted by atomic mass is 16.1. The Bertz CT molecular complexity index is 450. The van der Waals surface area contributed by atoms with Crippen LogP contribution in [0.25, 0.3) is 0 Å². The van der Waals surface area contributed by atoms with Crippen LogP contribution in [-0.4, -0.2) is 18.5 Å². The molecule has 1 amide bonds. The van der Waals surface area contributed by atoms with Crippen molar-refractivity contribution in [3.63, 3.8) is 0 Å². The number of nitrogens with one attached hydrogen (secondary N) is 2. The van der Waals surface area contributed by atoms with Gasteiger partial charge >= 0.3 is 0 Å². The Morgan fingerprint density at radius 3 is 2.74 bits per heavy atom. The summed E-state index contributed by atoms with van der Waals surface area (Å²) in [4.78, 5) is 12.3. The smallest absolute Gasteiger partial charge is 0.253 e. The highest BCUT2D eigenvalue weighted by molar-refractivity contribution is 6.00. The first-order valence-electron chi connectivity index (χ1n) is 7.25. The lowest BCUT2D eigenvalue weighted by molar-refractivity contribution is 0.0897. The van der Waals surface area contributed by atoms with E-state index in [9.17, 15) is 4.79 Å². The molecular weight excluding hydrogens is 236 g/mol. The molecule has 0 unspecified atom stereocenters. The molecule has 0 heterocycles. The van der Waals surface area contributed by atoms with E-state index in [4.69, 9.17) is 0 Å². The van der Waals surface area contributed by atoms with Crippen LogP contribution >= 0.6 is 0 Å². The Morgan fingerprint density at radius 2 is 2.11 bits per heavy atom. The number of benzene rings is 1. The molecule has 2 rings (SSSR count). The molecule has 0 spiro atoms. The van der Waals surface area contributed by atoms with Crippen molar-refractivity contribution in [1.82, 2.24) is 5.32 Å². The zero-order valence-corrected chi connectivity index (χ0v) is 12.1. The van der Waals surface area contributed by atoms with E-state index in [1.54, 1.807) is 0 Å². The van der Waals surface area contributed by atoms with E-state index in [1.165, 1.54) is 5.56 Å². The number of carbonyl (C=O) groups is 1. The normalized spacial score (nSPS) is 21.6. The monoisotopic (exact) mass is 260 g/mol. The van der Waals surface area contributed by atoms with Gasteiger partial charge in [0.05, 0.1) is 5.56 Å². The molecule has 3 heteroatoms. The summed E-state index contributed by atoms with van der Waals surface area (Å²) in [5, 5.41) is 6.46. The molecule has 1 saturated carbocycles. The van der Waals surface area contributed by atoms with Crippen molar-refractivity contribution in [1.29, 1.82) is 0 Å². The third-order valence-corrected chi connectivity index (χ3v) is 3.69. The standard InChI is InChI=1S/C16H24N2O/c1-4-7-17-15-10-11(2)5-6-14(15)16(19)18-13-8-12(3)9-13/h5-6,10,12-13,17H,4,7-9H2,1-3H3,(H,18,19). The maximum atomic E-state index is 12.3. The minimum atomic E-state index is 0.0514. The zero-order chi connectivity index (χ0) is 13.8. The Labute approximate surface area is 115 Å². The molecule has 3 nitrogen and oxygen atoms in total. The predicted octanol–water partition coefficient (Wildman–Crippen LogP) is 3.35. The molecule has 0 radical (unpaired) electrons. The van der Waals surface area contributed by atoms with Crippen molar-refractivity contribution in [3.05, 3.63) is 29.3 Å². The molecule has 1 aromatic rings. The van der Waals surface area contributed by atoms with Crippen molar-refractivity contribution in [2.24, 2.45) is 5.92 Å². The Morgan fingerprint density at radius 1 is 1.37 bits per heavy atom. The molecule has 1 aliphatic rings. The molecule has 1 aliphatic carbocycles. The maximum Gasteiger partial charge on any atom is 0.253 e. The lowest BCUT2D eigenvalue weighted by atomic mass is 9.82. The van der Waals surface area contributed by atoms with Gasteiger partial charge in [-0.15, -0.1) is 0 Å². The molecule has 19 heavy (non-hydrogen) atoms. The van der Waals surface area contributed by atoms with E-state index < -0.39 is 0 Å². The maximum absolute atomic E-state index is 12.3. The number of aryl methyl sites for hydroxylation is 1. The largest absolute Gasteiger partial charge is 0.384 e. The minimum absolute atomic E-state index is 0.0514. The van der Waals surface area contributed by atoms with Crippen LogP contribution in [-0.2, 0) is 0 Å². The summed E-state index contributed by atoms with van der Waals surface area (Å²) in [6.45, 7) is 7.29. The van der Waals surface area contributed by atoms with Crippen molar-refractivity contribution < 1.29 is 4.79 Å². The molecule has 0 bridgehead atoms. The van der Waals surface area contributed by atoms with Crippen molar-refractivity contribution in [3.8, 4) is 0 Å². The second kappa shape index (κ2) is 6.09. The van der Waals surface area contributed by atoms with Gasteiger partial charge in [-0.2, -0.15) is 0 Å². The number of hydrogen-bond acceptors (Lipinski definition) is 2. The first kappa shape index (κ1) is 13.9. The molecule has 0 saturated heterocycles. The van der Waals surface area contributed by atoms with Gasteiger partial charge in [-0.25, -0.2) is 0 Å². The first-order valence-corrected chi connectivity index (χ1v) is 7.25. The van der Waals surface area contributed by atoms with Gasteiger partial charge in [0.15, 0.2) is 0 Å². The van der Waals surface area contributed by atoms with Crippen LogP contribution in [0.1, 0.15) is 49.0 Å². The molecule has 0 atom stereocenters. The van der Waals surface area contributed by atoms with Crippen LogP contribution in [0.5, 0.6) is 0 Å². The summed E-state index contributed by atoms with van der Waals surface area (Å²) in [7, 11) is 0. The summed E-state index contributed by atoms with van der Waals surface area (Å²) >= 11 is 0. The van der Waals surface area contributed by atoms with Crippen LogP contribution in [0.4, 0.5) is 5.69 Å². The number of amides is 1. The predicted molar refractivity (Wildman–Crippen MR) is 79.6 cm³/mol. The van der Waals surface area contributed by atoms with Gasteiger partial charge in [0.1, 0.15) is 0 Å². The van der Waals surface area contributed by atoms with Crippen LogP contribution in [0.2, 0.25) is 0 Å². The lowest BCUT2D eigenvalue weighted by Crippen LogP contribution is -2.43. The molecule has 1 aromatic carbocycles. The molecule has 104 valence electrons. The van der Waals surface area contributed by atoms with Crippen molar-refractivity contribution >= 4 is 11.6 Å². The quantitative estimate of drug-likeness (QED) is 0.852. The Balaban J connectivity index is 2.06. The van der Waals surface area contributed by atoms with E-state index in [1.807, 2.05) is 25.1 Å². The average Bonchev–Trinajstić information content (AvgIpc) is 2.34. The molecule has 1 fully saturated rings. The Hall–Kier alpha value is -1.51. The highest BCUT2D eigenvalue weighted by Crippen LogP contribution is 2.27. The first-order chi connectivity index (χ1) is 9.10. The topological polar surface area (TPSA) is 41.1 Å². The fraction of sp³-hybridized carbons (Fsp3) is 0.562. The van der Waals surface area contributed by atoms with E-state index in [0.717, 1.165) is 43.0 Å². The minimum Gasteiger partial charge on any atom is -0.384 e. The fourth-order valence-corrected chi connectivity index (χ4v) is 2.55. The SMILES string of the molecule is CCCNc1cc(C)ccc1C(=O)NC1CC(C)C1. The van der Waals surface area contributed by atoms with E-state index >= 15 is 0 Å². The van der Waals surface area contributed by atoms with Gasteiger partial charge in [0.2, 0.25) is 0 Å². The molecule has 0 aliphatic heterocycles. The number of rotatable bonds is 5. The van der Waals surface area contributed by atoms with E-state index in [0.29, 0.717) is 6.04 Å². The van der Waals surface area contributed by atoms with Gasteiger partial charge in [0, 0.05) is 18.3 Å². The summed E-state index contributed by atoms with van der Waals surface area (Å²) in [6, 6.07) is 6.33. The average molecular weight is 260 g/mol. The molecule has 2 N–H and O–H groups in total. The van der Waals surface area contributed by atoms with Crippen molar-refractivity contribution in [2.75, 3.05) is 11.9 Å². The fourth-order valence-electron chi connectivity index (χ4n) is 2.55. The van der Waals surface area contributed by atoms with Crippen molar-refractivity contribution in [2.45, 2.75) is 46.1 Å². The van der Waals surface area contributed by atoms with Gasteiger partial charge in [-0.3, -0.25) is 4.79 Å². The van der Waals surface area contributed by atoms with Crippen LogP contribution in [0.3, 0.4) is 0 Å². The zero-order valence-electron chi connectivity index (χ0n) is 12.1. The molecule has 0 aromatic heterocycles. The number of hydrogen-bond donors (Lipinski definition) is 2. The van der Waals surface area contributed by atoms with Crippen LogP contribution < -0.4 is 10.6 Å². The lowest BCUT2D eigenvalue weighted by Gasteiger charge is -2.33. The highest BCUT2D eigenvalue weighted by Gasteiger charge is 2.27. The van der Waals surface area contributed by atoms with Gasteiger partial charge in [0.25, 0.3) is 5.91 Å². The number of anilines is 1. The summed E-state index contributed by atoms with van der Waals surface area (Å²) in [6.07, 6.45) is 3.26. The summed E-state index contributed by atoms with van der Waals surface area (Å²) in [5.41, 5.74) is 2.89. The van der Waals surface area contributed by atoms with Gasteiger partial charge in [-0.05, 0) is 49.8 Å².